The number of benzene rings is 2. The van der Waals surface area contributed by atoms with E-state index in [4.69, 9.17) is 9.47 Å². The van der Waals surface area contributed by atoms with Crippen LogP contribution in [0.25, 0.3) is 0 Å². The van der Waals surface area contributed by atoms with E-state index in [-0.39, 0.29) is 0 Å². The van der Waals surface area contributed by atoms with Gasteiger partial charge in [0.15, 0.2) is 0 Å². The second-order valence-corrected chi connectivity index (χ2v) is 6.53. The fourth-order valence-corrected chi connectivity index (χ4v) is 3.13. The van der Waals surface area contributed by atoms with Crippen molar-refractivity contribution in [2.75, 3.05) is 20.2 Å². The van der Waals surface area contributed by atoms with E-state index in [2.05, 4.69) is 38.4 Å². The normalized spacial score (nSPS) is 14.0. The maximum Gasteiger partial charge on any atom is 0.128 e. The molecule has 0 bridgehead atoms. The summed E-state index contributed by atoms with van der Waals surface area (Å²) in [5.74, 6) is 1.81. The molecule has 4 nitrogen and oxygen atoms in total. The van der Waals surface area contributed by atoms with Crippen LogP contribution in [0.1, 0.15) is 23.1 Å². The first-order valence-electron chi connectivity index (χ1n) is 8.04. The standard InChI is InChI=1S/C19H21BrN2O2/c1-23-18-8-7-16(20)11-15(18)13-24-12-14-5-2-3-6-17(14)19-21-9-4-10-22-19/h2-3,5-8,11H,4,9-10,12-13H2,1H3,(H,21,22). The molecule has 24 heavy (non-hydrogen) atoms. The van der Waals surface area contributed by atoms with E-state index in [1.165, 1.54) is 0 Å². The summed E-state index contributed by atoms with van der Waals surface area (Å²) in [4.78, 5) is 4.59. The van der Waals surface area contributed by atoms with Gasteiger partial charge in [-0.25, -0.2) is 0 Å². The highest BCUT2D eigenvalue weighted by molar-refractivity contribution is 9.10. The first-order valence-corrected chi connectivity index (χ1v) is 8.84. The summed E-state index contributed by atoms with van der Waals surface area (Å²) in [5, 5.41) is 3.38. The number of aliphatic imine (C=N–C) groups is 1. The summed E-state index contributed by atoms with van der Waals surface area (Å²) in [6.07, 6.45) is 1.09. The van der Waals surface area contributed by atoms with E-state index < -0.39 is 0 Å². The number of nitrogens with zero attached hydrogens (tertiary/aromatic N) is 1. The second-order valence-electron chi connectivity index (χ2n) is 5.62. The molecule has 0 fully saturated rings. The number of nitrogens with one attached hydrogen (secondary N) is 1. The van der Waals surface area contributed by atoms with Crippen molar-refractivity contribution in [2.45, 2.75) is 19.6 Å². The lowest BCUT2D eigenvalue weighted by Crippen LogP contribution is -2.31. The molecule has 3 rings (SSSR count). The molecule has 1 heterocycles. The topological polar surface area (TPSA) is 42.9 Å². The summed E-state index contributed by atoms with van der Waals surface area (Å²) in [6.45, 7) is 2.89. The molecule has 0 saturated carbocycles. The van der Waals surface area contributed by atoms with Crippen molar-refractivity contribution >= 4 is 21.8 Å². The van der Waals surface area contributed by atoms with Crippen LogP contribution in [-0.4, -0.2) is 26.0 Å². The smallest absolute Gasteiger partial charge is 0.128 e. The average molecular weight is 389 g/mol. The van der Waals surface area contributed by atoms with Crippen LogP contribution in [0.2, 0.25) is 0 Å². The van der Waals surface area contributed by atoms with E-state index in [1.54, 1.807) is 7.11 Å². The van der Waals surface area contributed by atoms with Gasteiger partial charge < -0.3 is 14.8 Å². The van der Waals surface area contributed by atoms with Crippen molar-refractivity contribution in [1.29, 1.82) is 0 Å². The molecular formula is C19H21BrN2O2. The van der Waals surface area contributed by atoms with Crippen LogP contribution in [0.15, 0.2) is 51.9 Å². The number of ether oxygens (including phenoxy) is 2. The predicted octanol–water partition coefficient (Wildman–Crippen LogP) is 3.91. The number of amidine groups is 1. The Bertz CT molecular complexity index is 731. The quantitative estimate of drug-likeness (QED) is 0.815. The van der Waals surface area contributed by atoms with Gasteiger partial charge in [-0.05, 0) is 30.2 Å². The second kappa shape index (κ2) is 8.31. The largest absolute Gasteiger partial charge is 0.496 e. The first-order chi connectivity index (χ1) is 11.8. The van der Waals surface area contributed by atoms with Crippen molar-refractivity contribution < 1.29 is 9.47 Å². The number of methoxy groups -OCH3 is 1. The van der Waals surface area contributed by atoms with Crippen molar-refractivity contribution in [1.82, 2.24) is 5.32 Å². The maximum atomic E-state index is 5.95. The molecule has 1 aliphatic rings. The van der Waals surface area contributed by atoms with E-state index in [0.29, 0.717) is 13.2 Å². The molecule has 0 radical (unpaired) electrons. The highest BCUT2D eigenvalue weighted by atomic mass is 79.9. The third-order valence-corrected chi connectivity index (χ3v) is 4.42. The van der Waals surface area contributed by atoms with Gasteiger partial charge in [-0.3, -0.25) is 4.99 Å². The monoisotopic (exact) mass is 388 g/mol. The lowest BCUT2D eigenvalue weighted by molar-refractivity contribution is 0.105. The van der Waals surface area contributed by atoms with E-state index in [0.717, 1.165) is 52.3 Å². The molecule has 0 spiro atoms. The fourth-order valence-electron chi connectivity index (χ4n) is 2.72. The minimum atomic E-state index is 0.497. The average Bonchev–Trinajstić information content (AvgIpc) is 2.63. The first kappa shape index (κ1) is 17.0. The molecule has 126 valence electrons. The highest BCUT2D eigenvalue weighted by Gasteiger charge is 2.12. The molecule has 0 saturated heterocycles. The molecule has 0 atom stereocenters. The molecule has 0 amide bonds. The zero-order chi connectivity index (χ0) is 16.8. The molecule has 2 aromatic carbocycles. The third kappa shape index (κ3) is 4.16. The molecule has 0 aliphatic carbocycles. The summed E-state index contributed by atoms with van der Waals surface area (Å²) in [6, 6.07) is 14.2. The summed E-state index contributed by atoms with van der Waals surface area (Å²) >= 11 is 3.49. The lowest BCUT2D eigenvalue weighted by Gasteiger charge is -2.17. The van der Waals surface area contributed by atoms with Crippen LogP contribution < -0.4 is 10.1 Å². The van der Waals surface area contributed by atoms with Gasteiger partial charge in [0.25, 0.3) is 0 Å². The van der Waals surface area contributed by atoms with E-state index in [9.17, 15) is 0 Å². The van der Waals surface area contributed by atoms with Gasteiger partial charge in [0.2, 0.25) is 0 Å². The molecule has 5 heteroatoms. The third-order valence-electron chi connectivity index (χ3n) is 3.93. The Hall–Kier alpha value is -1.85. The molecule has 1 aliphatic heterocycles. The van der Waals surface area contributed by atoms with Crippen LogP contribution in [0.4, 0.5) is 0 Å². The van der Waals surface area contributed by atoms with Gasteiger partial charge >= 0.3 is 0 Å². The van der Waals surface area contributed by atoms with Gasteiger partial charge in [-0.2, -0.15) is 0 Å². The number of hydrogen-bond donors (Lipinski definition) is 1. The van der Waals surface area contributed by atoms with Crippen LogP contribution in [0, 0.1) is 0 Å². The Morgan fingerprint density at radius 1 is 1.12 bits per heavy atom. The Labute approximate surface area is 151 Å². The Kier molecular flexibility index (Phi) is 5.88. The van der Waals surface area contributed by atoms with Crippen LogP contribution in [0.3, 0.4) is 0 Å². The summed E-state index contributed by atoms with van der Waals surface area (Å²) in [7, 11) is 1.68. The highest BCUT2D eigenvalue weighted by Crippen LogP contribution is 2.24. The van der Waals surface area contributed by atoms with Gasteiger partial charge in [0.05, 0.1) is 20.3 Å². The Morgan fingerprint density at radius 3 is 2.75 bits per heavy atom. The zero-order valence-corrected chi connectivity index (χ0v) is 15.3. The van der Waals surface area contributed by atoms with E-state index >= 15 is 0 Å². The van der Waals surface area contributed by atoms with Crippen molar-refractivity contribution in [2.24, 2.45) is 4.99 Å². The Balaban J connectivity index is 1.69. The minimum Gasteiger partial charge on any atom is -0.496 e. The van der Waals surface area contributed by atoms with Crippen LogP contribution >= 0.6 is 15.9 Å². The van der Waals surface area contributed by atoms with Crippen LogP contribution in [0.5, 0.6) is 5.75 Å². The lowest BCUT2D eigenvalue weighted by atomic mass is 10.1. The van der Waals surface area contributed by atoms with Crippen LogP contribution in [-0.2, 0) is 18.0 Å². The number of hydrogen-bond acceptors (Lipinski definition) is 4. The van der Waals surface area contributed by atoms with Crippen molar-refractivity contribution in [3.63, 3.8) is 0 Å². The van der Waals surface area contributed by atoms with Gasteiger partial charge in [-0.15, -0.1) is 0 Å². The van der Waals surface area contributed by atoms with Crippen molar-refractivity contribution in [3.8, 4) is 5.75 Å². The number of halogens is 1. The zero-order valence-electron chi connectivity index (χ0n) is 13.7. The number of rotatable bonds is 6. The summed E-state index contributed by atoms with van der Waals surface area (Å²) < 4.78 is 12.4. The summed E-state index contributed by atoms with van der Waals surface area (Å²) in [5.41, 5.74) is 3.29. The molecular weight excluding hydrogens is 368 g/mol. The molecule has 2 aromatic rings. The molecule has 1 N–H and O–H groups in total. The van der Waals surface area contributed by atoms with Gasteiger partial charge in [-0.1, -0.05) is 40.2 Å². The molecule has 0 aromatic heterocycles. The minimum absolute atomic E-state index is 0.497. The van der Waals surface area contributed by atoms with Gasteiger partial charge in [0, 0.05) is 28.7 Å². The van der Waals surface area contributed by atoms with E-state index in [1.807, 2.05) is 30.3 Å². The maximum absolute atomic E-state index is 5.95. The van der Waals surface area contributed by atoms with Crippen molar-refractivity contribution in [3.05, 3.63) is 63.6 Å². The van der Waals surface area contributed by atoms with Gasteiger partial charge in [0.1, 0.15) is 11.6 Å². The fraction of sp³-hybridized carbons (Fsp3) is 0.316. The SMILES string of the molecule is COc1ccc(Br)cc1COCc1ccccc1C1=NCCCN1. The predicted molar refractivity (Wildman–Crippen MR) is 99.7 cm³/mol. The molecule has 0 unspecified atom stereocenters. The Morgan fingerprint density at radius 2 is 1.96 bits per heavy atom.